The van der Waals surface area contributed by atoms with E-state index < -0.39 is 5.97 Å². The van der Waals surface area contributed by atoms with Gasteiger partial charge in [-0.15, -0.1) is 0 Å². The van der Waals surface area contributed by atoms with Crippen molar-refractivity contribution in [3.63, 3.8) is 0 Å². The van der Waals surface area contributed by atoms with E-state index in [1.54, 1.807) is 0 Å². The number of ether oxygens (including phenoxy) is 1. The smallest absolute Gasteiger partial charge is 0.320 e. The van der Waals surface area contributed by atoms with Crippen LogP contribution in [0.15, 0.2) is 12.7 Å². The fourth-order valence-corrected chi connectivity index (χ4v) is 0.211. The molecule has 0 bridgehead atoms. The van der Waals surface area contributed by atoms with Gasteiger partial charge in [-0.3, -0.25) is 4.79 Å². The predicted molar refractivity (Wildman–Crippen MR) is 38.6 cm³/mol. The van der Waals surface area contributed by atoms with E-state index in [2.05, 4.69) is 11.3 Å². The topological polar surface area (TPSA) is 93.2 Å². The van der Waals surface area contributed by atoms with Crippen molar-refractivity contribution in [1.29, 1.82) is 5.41 Å². The largest absolute Gasteiger partial charge is 0.461 e. The normalized spacial score (nSPS) is 6.64. The highest BCUT2D eigenvalue weighted by Crippen LogP contribution is 1.73. The summed E-state index contributed by atoms with van der Waals surface area (Å²) in [6.45, 7) is 3.53. The third-order valence-electron chi connectivity index (χ3n) is 0.529. The molecule has 0 heterocycles. The maximum atomic E-state index is 10.2. The summed E-state index contributed by atoms with van der Waals surface area (Å²) < 4.78 is 4.46. The molecule has 5 nitrogen and oxygen atoms in total. The minimum Gasteiger partial charge on any atom is -0.461 e. The van der Waals surface area contributed by atoms with E-state index in [9.17, 15) is 4.79 Å². The highest BCUT2D eigenvalue weighted by Gasteiger charge is 1.92. The zero-order valence-electron chi connectivity index (χ0n) is 6.00. The molecule has 0 aromatic heterocycles. The Morgan fingerprint density at radius 3 is 2.55 bits per heavy atom. The van der Waals surface area contributed by atoms with E-state index >= 15 is 0 Å². The molecule has 0 aliphatic carbocycles. The van der Waals surface area contributed by atoms with Crippen LogP contribution in [0.4, 0.5) is 0 Å². The molecule has 0 atom stereocenters. The molecule has 0 fully saturated rings. The SMILES string of the molecule is C=CCOC(=O)CN.N=C=O. The fraction of sp³-hybridized carbons (Fsp3) is 0.333. The standard InChI is InChI=1S/C5H9NO2.CHNO/c1-2-3-8-5(7)4-6;2-1-3/h2H,1,3-4,6H2;2H. The number of rotatable bonds is 3. The summed E-state index contributed by atoms with van der Waals surface area (Å²) in [6.07, 6.45) is 2.24. The third-order valence-corrected chi connectivity index (χ3v) is 0.529. The van der Waals surface area contributed by atoms with E-state index in [0.29, 0.717) is 0 Å². The number of isocyanates is 1. The van der Waals surface area contributed by atoms with Gasteiger partial charge in [0.1, 0.15) is 6.61 Å². The maximum absolute atomic E-state index is 10.2. The average Bonchev–Trinajstić information content (AvgIpc) is 2.02. The number of hydrogen-bond donors (Lipinski definition) is 2. The minimum absolute atomic E-state index is 0.0617. The van der Waals surface area contributed by atoms with Crippen LogP contribution in [0.25, 0.3) is 0 Å². The van der Waals surface area contributed by atoms with Crippen LogP contribution in [0.2, 0.25) is 0 Å². The van der Waals surface area contributed by atoms with Crippen molar-refractivity contribution in [2.45, 2.75) is 0 Å². The number of nitrogens with two attached hydrogens (primary N) is 1. The first-order valence-electron chi connectivity index (χ1n) is 2.73. The molecule has 0 rings (SSSR count). The Balaban J connectivity index is 0. The van der Waals surface area contributed by atoms with Gasteiger partial charge in [0.05, 0.1) is 6.54 Å². The second-order valence-electron chi connectivity index (χ2n) is 1.28. The first-order valence-corrected chi connectivity index (χ1v) is 2.73. The molecule has 0 aliphatic rings. The molecule has 11 heavy (non-hydrogen) atoms. The lowest BCUT2D eigenvalue weighted by Gasteiger charge is -1.94. The van der Waals surface area contributed by atoms with E-state index in [0.717, 1.165) is 6.08 Å². The van der Waals surface area contributed by atoms with Crippen LogP contribution in [0, 0.1) is 5.41 Å². The monoisotopic (exact) mass is 158 g/mol. The van der Waals surface area contributed by atoms with Crippen LogP contribution in [0.5, 0.6) is 0 Å². The van der Waals surface area contributed by atoms with Crippen molar-refractivity contribution in [2.75, 3.05) is 13.2 Å². The fourth-order valence-electron chi connectivity index (χ4n) is 0.211. The molecule has 0 aromatic rings. The Labute approximate surface area is 64.3 Å². The lowest BCUT2D eigenvalue weighted by molar-refractivity contribution is -0.140. The van der Waals surface area contributed by atoms with Crippen LogP contribution in [0.1, 0.15) is 0 Å². The van der Waals surface area contributed by atoms with Gasteiger partial charge in [0.25, 0.3) is 0 Å². The van der Waals surface area contributed by atoms with Gasteiger partial charge < -0.3 is 10.5 Å². The molecular weight excluding hydrogens is 148 g/mol. The van der Waals surface area contributed by atoms with Crippen LogP contribution in [-0.2, 0) is 14.3 Å². The number of carbonyl (C=O) groups excluding carboxylic acids is 2. The van der Waals surface area contributed by atoms with Gasteiger partial charge in [0.15, 0.2) is 0 Å². The molecule has 0 saturated heterocycles. The van der Waals surface area contributed by atoms with Gasteiger partial charge in [0, 0.05) is 0 Å². The Hall–Kier alpha value is -1.45. The Kier molecular flexibility index (Phi) is 12.6. The lowest BCUT2D eigenvalue weighted by Crippen LogP contribution is -2.16. The second kappa shape index (κ2) is 11.4. The average molecular weight is 158 g/mol. The van der Waals surface area contributed by atoms with Crippen LogP contribution < -0.4 is 5.73 Å². The molecule has 0 amide bonds. The van der Waals surface area contributed by atoms with Crippen molar-refractivity contribution >= 4 is 12.0 Å². The Morgan fingerprint density at radius 2 is 2.27 bits per heavy atom. The van der Waals surface area contributed by atoms with E-state index in [1.807, 2.05) is 0 Å². The lowest BCUT2D eigenvalue weighted by atomic mass is 10.6. The van der Waals surface area contributed by atoms with Gasteiger partial charge >= 0.3 is 5.97 Å². The van der Waals surface area contributed by atoms with Gasteiger partial charge in [-0.25, -0.2) is 10.2 Å². The molecule has 62 valence electrons. The molecule has 0 radical (unpaired) electrons. The summed E-state index contributed by atoms with van der Waals surface area (Å²) in [6, 6.07) is 0. The number of nitrogens with one attached hydrogen (secondary N) is 1. The predicted octanol–water partition coefficient (Wildman–Crippen LogP) is -0.425. The van der Waals surface area contributed by atoms with E-state index in [4.69, 9.17) is 15.9 Å². The molecular formula is C6H10N2O3. The highest BCUT2D eigenvalue weighted by atomic mass is 16.5. The highest BCUT2D eigenvalue weighted by molar-refractivity contribution is 5.71. The molecule has 0 aromatic carbocycles. The summed E-state index contributed by atoms with van der Waals surface area (Å²) in [4.78, 5) is 18.5. The van der Waals surface area contributed by atoms with Gasteiger partial charge in [-0.05, 0) is 0 Å². The zero-order chi connectivity index (χ0) is 9.11. The Bertz CT molecular complexity index is 150. The number of hydrogen-bond acceptors (Lipinski definition) is 5. The van der Waals surface area contributed by atoms with Crippen molar-refractivity contribution < 1.29 is 14.3 Å². The first-order chi connectivity index (χ1) is 5.22. The second-order valence-corrected chi connectivity index (χ2v) is 1.28. The molecule has 5 heteroatoms. The summed E-state index contributed by atoms with van der Waals surface area (Å²) in [5.74, 6) is -0.398. The Morgan fingerprint density at radius 1 is 1.82 bits per heavy atom. The maximum Gasteiger partial charge on any atom is 0.320 e. The molecule has 0 aliphatic heterocycles. The summed E-state index contributed by atoms with van der Waals surface area (Å²) in [5.41, 5.74) is 4.90. The van der Waals surface area contributed by atoms with Gasteiger partial charge in [-0.1, -0.05) is 12.7 Å². The zero-order valence-corrected chi connectivity index (χ0v) is 6.00. The van der Waals surface area contributed by atoms with Crippen molar-refractivity contribution in [1.82, 2.24) is 0 Å². The first kappa shape index (κ1) is 12.2. The van der Waals surface area contributed by atoms with Gasteiger partial charge in [0.2, 0.25) is 6.08 Å². The molecule has 3 N–H and O–H groups in total. The third kappa shape index (κ3) is 17.7. The number of carbonyl (C=O) groups is 1. The van der Waals surface area contributed by atoms with E-state index in [-0.39, 0.29) is 13.2 Å². The summed E-state index contributed by atoms with van der Waals surface area (Å²) >= 11 is 0. The van der Waals surface area contributed by atoms with Crippen molar-refractivity contribution in [3.8, 4) is 0 Å². The van der Waals surface area contributed by atoms with Gasteiger partial charge in [-0.2, -0.15) is 0 Å². The van der Waals surface area contributed by atoms with E-state index in [1.165, 1.54) is 6.08 Å². The van der Waals surface area contributed by atoms with Crippen molar-refractivity contribution in [2.24, 2.45) is 5.73 Å². The molecule has 0 spiro atoms. The molecule has 0 unspecified atom stereocenters. The summed E-state index contributed by atoms with van der Waals surface area (Å²) in [7, 11) is 0. The summed E-state index contributed by atoms with van der Waals surface area (Å²) in [5, 5.41) is 5.40. The quantitative estimate of drug-likeness (QED) is 0.252. The number of esters is 1. The van der Waals surface area contributed by atoms with Crippen LogP contribution >= 0.6 is 0 Å². The minimum atomic E-state index is -0.398. The van der Waals surface area contributed by atoms with Crippen LogP contribution in [-0.4, -0.2) is 25.2 Å². The molecule has 0 saturated carbocycles. The van der Waals surface area contributed by atoms with Crippen molar-refractivity contribution in [3.05, 3.63) is 12.7 Å². The van der Waals surface area contributed by atoms with Crippen LogP contribution in [0.3, 0.4) is 0 Å².